The van der Waals surface area contributed by atoms with Gasteiger partial charge in [-0.15, -0.1) is 0 Å². The first-order valence-electron chi connectivity index (χ1n) is 5.88. The highest BCUT2D eigenvalue weighted by atomic mass is 19.4. The van der Waals surface area contributed by atoms with Gasteiger partial charge in [0.25, 0.3) is 0 Å². The average molecular weight is 264 g/mol. The van der Waals surface area contributed by atoms with Crippen molar-refractivity contribution in [2.24, 2.45) is 0 Å². The zero-order valence-corrected chi connectivity index (χ0v) is 10.4. The second-order valence-corrected chi connectivity index (χ2v) is 4.30. The van der Waals surface area contributed by atoms with E-state index < -0.39 is 11.7 Å². The van der Waals surface area contributed by atoms with Crippen LogP contribution in [0.4, 0.5) is 13.2 Å². The largest absolute Gasteiger partial charge is 0.416 e. The molecule has 0 aliphatic heterocycles. The Bertz CT molecular complexity index is 546. The summed E-state index contributed by atoms with van der Waals surface area (Å²) in [6.07, 6.45) is -0.401. The molecule has 2 aromatic rings. The fourth-order valence-corrected chi connectivity index (χ4v) is 1.99. The number of hydrogen-bond donors (Lipinski definition) is 0. The minimum absolute atomic E-state index is 0.111. The molecule has 98 valence electrons. The van der Waals surface area contributed by atoms with Crippen molar-refractivity contribution in [3.8, 4) is 0 Å². The third-order valence-electron chi connectivity index (χ3n) is 2.95. The standard InChI is InChI=1S/C13H12BF3N2/c1-2-12(19-8-11(14)7-18-19)9-3-5-10(6-4-9)13(15,16)17/h3-8,12H,2H2,1H3. The van der Waals surface area contributed by atoms with Crippen LogP contribution >= 0.6 is 0 Å². The van der Waals surface area contributed by atoms with E-state index in [1.165, 1.54) is 18.3 Å². The highest BCUT2D eigenvalue weighted by molar-refractivity contribution is 6.31. The number of nitrogens with zero attached hydrogens (tertiary/aromatic N) is 2. The van der Waals surface area contributed by atoms with Crippen LogP contribution in [-0.4, -0.2) is 17.6 Å². The van der Waals surface area contributed by atoms with Gasteiger partial charge in [-0.25, -0.2) is 0 Å². The number of aromatic nitrogens is 2. The predicted octanol–water partition coefficient (Wildman–Crippen LogP) is 2.70. The topological polar surface area (TPSA) is 17.8 Å². The van der Waals surface area contributed by atoms with Crippen LogP contribution in [0.3, 0.4) is 0 Å². The van der Waals surface area contributed by atoms with Crippen LogP contribution in [0.15, 0.2) is 36.7 Å². The number of benzene rings is 1. The second kappa shape index (κ2) is 5.11. The smallest absolute Gasteiger partial charge is 0.266 e. The Hall–Kier alpha value is -1.72. The van der Waals surface area contributed by atoms with Gasteiger partial charge in [0.2, 0.25) is 0 Å². The normalized spacial score (nSPS) is 13.5. The maximum atomic E-state index is 12.5. The van der Waals surface area contributed by atoms with Gasteiger partial charge in [-0.3, -0.25) is 4.68 Å². The van der Waals surface area contributed by atoms with Gasteiger partial charge in [0, 0.05) is 12.4 Å². The quantitative estimate of drug-likeness (QED) is 0.779. The zero-order chi connectivity index (χ0) is 14.0. The highest BCUT2D eigenvalue weighted by Crippen LogP contribution is 2.30. The molecule has 0 aliphatic rings. The minimum Gasteiger partial charge on any atom is -0.266 e. The molecule has 0 spiro atoms. The zero-order valence-electron chi connectivity index (χ0n) is 10.4. The number of alkyl halides is 3. The van der Waals surface area contributed by atoms with E-state index in [1.807, 2.05) is 6.92 Å². The SMILES string of the molecule is [B]c1cnn(C(CC)c2ccc(C(F)(F)F)cc2)c1. The van der Waals surface area contributed by atoms with Gasteiger partial charge in [0.15, 0.2) is 0 Å². The van der Waals surface area contributed by atoms with E-state index in [-0.39, 0.29) is 6.04 Å². The van der Waals surface area contributed by atoms with Crippen molar-refractivity contribution in [2.45, 2.75) is 25.6 Å². The van der Waals surface area contributed by atoms with Crippen LogP contribution in [0.25, 0.3) is 0 Å². The van der Waals surface area contributed by atoms with Gasteiger partial charge in [0.05, 0.1) is 11.6 Å². The summed E-state index contributed by atoms with van der Waals surface area (Å²) >= 11 is 0. The van der Waals surface area contributed by atoms with Crippen molar-refractivity contribution in [3.63, 3.8) is 0 Å². The Balaban J connectivity index is 2.30. The second-order valence-electron chi connectivity index (χ2n) is 4.30. The summed E-state index contributed by atoms with van der Waals surface area (Å²) in [4.78, 5) is 0. The van der Waals surface area contributed by atoms with Gasteiger partial charge in [-0.1, -0.05) is 24.5 Å². The molecule has 0 saturated heterocycles. The van der Waals surface area contributed by atoms with Gasteiger partial charge in [-0.05, 0) is 24.1 Å². The van der Waals surface area contributed by atoms with E-state index in [0.29, 0.717) is 11.9 Å². The summed E-state index contributed by atoms with van der Waals surface area (Å²) in [5, 5.41) is 4.10. The van der Waals surface area contributed by atoms with Crippen molar-refractivity contribution in [3.05, 3.63) is 47.8 Å². The van der Waals surface area contributed by atoms with Crippen molar-refractivity contribution < 1.29 is 13.2 Å². The van der Waals surface area contributed by atoms with Gasteiger partial charge < -0.3 is 0 Å². The van der Waals surface area contributed by atoms with E-state index in [2.05, 4.69) is 5.10 Å². The lowest BCUT2D eigenvalue weighted by atomic mass is 10.0. The van der Waals surface area contributed by atoms with Gasteiger partial charge >= 0.3 is 6.18 Å². The highest BCUT2D eigenvalue weighted by Gasteiger charge is 2.30. The van der Waals surface area contributed by atoms with Crippen LogP contribution in [0.2, 0.25) is 0 Å². The fourth-order valence-electron chi connectivity index (χ4n) is 1.99. The molecular formula is C13H12BF3N2. The Morgan fingerprint density at radius 3 is 2.32 bits per heavy atom. The van der Waals surface area contributed by atoms with E-state index >= 15 is 0 Å². The summed E-state index contributed by atoms with van der Waals surface area (Å²) in [7, 11) is 5.60. The van der Waals surface area contributed by atoms with Crippen molar-refractivity contribution in [2.75, 3.05) is 0 Å². The van der Waals surface area contributed by atoms with E-state index in [1.54, 1.807) is 10.9 Å². The molecule has 2 radical (unpaired) electrons. The molecule has 2 nitrogen and oxygen atoms in total. The lowest BCUT2D eigenvalue weighted by molar-refractivity contribution is -0.137. The molecule has 1 heterocycles. The minimum atomic E-state index is -4.31. The van der Waals surface area contributed by atoms with Crippen LogP contribution in [0, 0.1) is 0 Å². The van der Waals surface area contributed by atoms with Crippen molar-refractivity contribution in [1.82, 2.24) is 9.78 Å². The first-order valence-corrected chi connectivity index (χ1v) is 5.88. The molecule has 0 N–H and O–H groups in total. The average Bonchev–Trinajstić information content (AvgIpc) is 2.76. The molecule has 0 amide bonds. The molecule has 1 atom stereocenters. The Morgan fingerprint density at radius 2 is 1.89 bits per heavy atom. The van der Waals surface area contributed by atoms with Crippen LogP contribution < -0.4 is 5.46 Å². The summed E-state index contributed by atoms with van der Waals surface area (Å²) in [6, 6.07) is 5.03. The summed E-state index contributed by atoms with van der Waals surface area (Å²) in [5.74, 6) is 0. The first kappa shape index (κ1) is 13.7. The molecule has 1 unspecified atom stereocenters. The summed E-state index contributed by atoms with van der Waals surface area (Å²) in [6.45, 7) is 1.94. The maximum Gasteiger partial charge on any atom is 0.416 e. The lowest BCUT2D eigenvalue weighted by Crippen LogP contribution is -2.12. The molecule has 1 aromatic carbocycles. The van der Waals surface area contributed by atoms with Crippen molar-refractivity contribution >= 4 is 13.3 Å². The molecule has 0 saturated carbocycles. The van der Waals surface area contributed by atoms with Crippen LogP contribution in [-0.2, 0) is 6.18 Å². The Morgan fingerprint density at radius 1 is 1.26 bits per heavy atom. The molecule has 19 heavy (non-hydrogen) atoms. The third-order valence-corrected chi connectivity index (χ3v) is 2.95. The lowest BCUT2D eigenvalue weighted by Gasteiger charge is -2.17. The Labute approximate surface area is 110 Å². The fraction of sp³-hybridized carbons (Fsp3) is 0.308. The first-order chi connectivity index (χ1) is 8.91. The molecule has 0 aliphatic carbocycles. The number of rotatable bonds is 3. The molecule has 6 heteroatoms. The van der Waals surface area contributed by atoms with Crippen LogP contribution in [0.5, 0.6) is 0 Å². The maximum absolute atomic E-state index is 12.5. The Kier molecular flexibility index (Phi) is 3.69. The molecule has 1 aromatic heterocycles. The predicted molar refractivity (Wildman–Crippen MR) is 67.5 cm³/mol. The summed E-state index contributed by atoms with van der Waals surface area (Å²) < 4.78 is 39.1. The van der Waals surface area contributed by atoms with Crippen LogP contribution in [0.1, 0.15) is 30.5 Å². The molecule has 0 bridgehead atoms. The van der Waals surface area contributed by atoms with E-state index in [9.17, 15) is 13.2 Å². The van der Waals surface area contributed by atoms with Crippen molar-refractivity contribution in [1.29, 1.82) is 0 Å². The van der Waals surface area contributed by atoms with Gasteiger partial charge in [-0.2, -0.15) is 18.3 Å². The monoisotopic (exact) mass is 264 g/mol. The molecule has 0 fully saturated rings. The third kappa shape index (κ3) is 3.00. The van der Waals surface area contributed by atoms with E-state index in [0.717, 1.165) is 17.7 Å². The number of hydrogen-bond acceptors (Lipinski definition) is 1. The molecule has 2 rings (SSSR count). The number of halogens is 3. The van der Waals surface area contributed by atoms with Gasteiger partial charge in [0.1, 0.15) is 7.85 Å². The summed E-state index contributed by atoms with van der Waals surface area (Å²) in [5.41, 5.74) is 0.662. The molecular weight excluding hydrogens is 252 g/mol. The van der Waals surface area contributed by atoms with E-state index in [4.69, 9.17) is 7.85 Å².